The molecule has 0 radical (unpaired) electrons. The molecule has 1 fully saturated rings. The largest absolute Gasteiger partial charge is 0.394 e. The quantitative estimate of drug-likeness (QED) is 0.0261. The van der Waals surface area contributed by atoms with Crippen LogP contribution in [0.2, 0.25) is 0 Å². The van der Waals surface area contributed by atoms with E-state index in [0.29, 0.717) is 6.42 Å². The third-order valence-corrected chi connectivity index (χ3v) is 15.7. The molecular weight excluding hydrogens is 995 g/mol. The Hall–Kier alpha value is -2.63. The fourth-order valence-electron chi connectivity index (χ4n) is 10.5. The number of nitrogens with one attached hydrogen (secondary N) is 1. The van der Waals surface area contributed by atoms with Crippen LogP contribution < -0.4 is 5.32 Å². The van der Waals surface area contributed by atoms with Gasteiger partial charge in [-0.2, -0.15) is 0 Å². The molecule has 7 atom stereocenters. The lowest BCUT2D eigenvalue weighted by Crippen LogP contribution is -2.60. The van der Waals surface area contributed by atoms with Crippen LogP contribution in [0.4, 0.5) is 0 Å². The van der Waals surface area contributed by atoms with Gasteiger partial charge in [-0.3, -0.25) is 4.79 Å². The summed E-state index contributed by atoms with van der Waals surface area (Å²) in [6.07, 6.45) is 78.1. The first kappa shape index (κ1) is 75.4. The van der Waals surface area contributed by atoms with E-state index in [1.54, 1.807) is 6.08 Å². The van der Waals surface area contributed by atoms with E-state index in [1.165, 1.54) is 205 Å². The van der Waals surface area contributed by atoms with Gasteiger partial charge in [-0.15, -0.1) is 0 Å². The molecule has 464 valence electrons. The average Bonchev–Trinajstić information content (AvgIpc) is 3.46. The Balaban J connectivity index is 2.16. The van der Waals surface area contributed by atoms with Crippen molar-refractivity contribution in [2.24, 2.45) is 0 Å². The molecule has 0 aromatic rings. The number of allylic oxidation sites excluding steroid dienone is 13. The van der Waals surface area contributed by atoms with Crippen molar-refractivity contribution >= 4 is 5.91 Å². The maximum Gasteiger partial charge on any atom is 0.220 e. The van der Waals surface area contributed by atoms with E-state index in [4.69, 9.17) is 9.47 Å². The van der Waals surface area contributed by atoms with Crippen LogP contribution in [-0.2, 0) is 14.3 Å². The molecule has 7 unspecified atom stereocenters. The van der Waals surface area contributed by atoms with Crippen LogP contribution in [0, 0.1) is 0 Å². The number of aliphatic hydroxyl groups excluding tert-OH is 5. The van der Waals surface area contributed by atoms with E-state index >= 15 is 0 Å². The number of carbonyl (C=O) groups is 1. The highest BCUT2D eigenvalue weighted by Gasteiger charge is 2.44. The van der Waals surface area contributed by atoms with Gasteiger partial charge in [0.1, 0.15) is 24.4 Å². The fourth-order valence-corrected chi connectivity index (χ4v) is 10.5. The summed E-state index contributed by atoms with van der Waals surface area (Å²) >= 11 is 0. The van der Waals surface area contributed by atoms with Crippen LogP contribution in [0.5, 0.6) is 0 Å². The fraction of sp³-hybridized carbons (Fsp3) is 0.789. The average molecular weight is 1120 g/mol. The molecular formula is C71H127NO8. The van der Waals surface area contributed by atoms with Crippen LogP contribution in [0.1, 0.15) is 303 Å². The summed E-state index contributed by atoms with van der Waals surface area (Å²) in [5.41, 5.74) is 0. The van der Waals surface area contributed by atoms with E-state index in [1.807, 2.05) is 6.08 Å². The number of hydrogen-bond acceptors (Lipinski definition) is 8. The van der Waals surface area contributed by atoms with Crippen molar-refractivity contribution in [2.45, 2.75) is 346 Å². The van der Waals surface area contributed by atoms with Crippen molar-refractivity contribution in [1.82, 2.24) is 5.32 Å². The highest BCUT2D eigenvalue weighted by molar-refractivity contribution is 5.76. The predicted molar refractivity (Wildman–Crippen MR) is 341 cm³/mol. The zero-order valence-electron chi connectivity index (χ0n) is 51.8. The molecule has 1 aliphatic heterocycles. The molecule has 80 heavy (non-hydrogen) atoms. The second-order valence-corrected chi connectivity index (χ2v) is 23.2. The Kier molecular flexibility index (Phi) is 56.1. The molecule has 0 aromatic carbocycles. The lowest BCUT2D eigenvalue weighted by molar-refractivity contribution is -0.302. The van der Waals surface area contributed by atoms with Gasteiger partial charge in [0, 0.05) is 6.42 Å². The summed E-state index contributed by atoms with van der Waals surface area (Å²) in [5, 5.41) is 54.7. The molecule has 0 bridgehead atoms. The minimum atomic E-state index is -1.57. The molecule has 0 aromatic heterocycles. The smallest absolute Gasteiger partial charge is 0.220 e. The molecule has 9 nitrogen and oxygen atoms in total. The van der Waals surface area contributed by atoms with Crippen molar-refractivity contribution < 1.29 is 39.8 Å². The normalized spacial score (nSPS) is 19.0. The Morgan fingerprint density at radius 3 is 1.15 bits per heavy atom. The first-order valence-corrected chi connectivity index (χ1v) is 33.8. The zero-order valence-corrected chi connectivity index (χ0v) is 51.8. The number of rotatable bonds is 58. The summed E-state index contributed by atoms with van der Waals surface area (Å²) in [7, 11) is 0. The summed E-state index contributed by atoms with van der Waals surface area (Å²) in [4.78, 5) is 13.1. The van der Waals surface area contributed by atoms with Gasteiger partial charge in [-0.05, 0) is 70.6 Å². The second-order valence-electron chi connectivity index (χ2n) is 23.2. The third-order valence-electron chi connectivity index (χ3n) is 15.7. The van der Waals surface area contributed by atoms with Crippen molar-refractivity contribution in [3.63, 3.8) is 0 Å². The molecule has 1 aliphatic rings. The van der Waals surface area contributed by atoms with Crippen LogP contribution in [0.15, 0.2) is 85.1 Å². The lowest BCUT2D eigenvalue weighted by Gasteiger charge is -2.40. The molecule has 9 heteroatoms. The van der Waals surface area contributed by atoms with Gasteiger partial charge >= 0.3 is 0 Å². The number of hydrogen-bond donors (Lipinski definition) is 6. The van der Waals surface area contributed by atoms with Gasteiger partial charge in [-0.25, -0.2) is 0 Å². The Labute approximate surface area is 492 Å². The molecule has 0 aliphatic carbocycles. The molecule has 1 amide bonds. The van der Waals surface area contributed by atoms with Gasteiger partial charge in [0.15, 0.2) is 6.29 Å². The van der Waals surface area contributed by atoms with Crippen molar-refractivity contribution in [3.8, 4) is 0 Å². The number of unbranched alkanes of at least 4 members (excludes halogenated alkanes) is 36. The van der Waals surface area contributed by atoms with E-state index in [-0.39, 0.29) is 12.5 Å². The van der Waals surface area contributed by atoms with Gasteiger partial charge in [0.05, 0.1) is 25.4 Å². The van der Waals surface area contributed by atoms with Gasteiger partial charge in [-0.1, -0.05) is 311 Å². The molecule has 0 saturated carbocycles. The highest BCUT2D eigenvalue weighted by Crippen LogP contribution is 2.23. The zero-order chi connectivity index (χ0) is 57.9. The first-order chi connectivity index (χ1) is 39.3. The lowest BCUT2D eigenvalue weighted by atomic mass is 9.99. The molecule has 0 spiro atoms. The van der Waals surface area contributed by atoms with E-state index in [2.05, 4.69) is 92.1 Å². The number of carbonyl (C=O) groups excluding carboxylic acids is 1. The van der Waals surface area contributed by atoms with Gasteiger partial charge in [0.2, 0.25) is 5.91 Å². The van der Waals surface area contributed by atoms with Crippen LogP contribution >= 0.6 is 0 Å². The van der Waals surface area contributed by atoms with Crippen LogP contribution in [0.3, 0.4) is 0 Å². The molecule has 1 heterocycles. The van der Waals surface area contributed by atoms with Crippen LogP contribution in [0.25, 0.3) is 0 Å². The standard InChI is InChI=1S/C71H127NO8/c1-3-5-7-9-11-13-15-17-19-21-23-25-27-29-31-32-33-34-35-37-39-41-43-45-47-49-51-53-55-57-59-61-67(75)72-64(63-79-71-70(78)69(77)68(76)66(62-73)80-71)65(74)60-58-56-54-52-50-48-46-44-42-40-38-36-30-28-26-24-22-20-18-16-14-12-10-8-6-4-2/h5,7,11,13,17,19,23,25,29,31,33-34,58,60,64-66,68-71,73-74,76-78H,3-4,6,8-10,12,14-16,18,20-22,24,26-28,30,32,35-57,59,61-63H2,1-2H3,(H,72,75)/b7-5-,13-11-,19-17-,25-23-,31-29-,34-33-,60-58+. The third kappa shape index (κ3) is 47.8. The van der Waals surface area contributed by atoms with Crippen molar-refractivity contribution in [2.75, 3.05) is 13.2 Å². The maximum atomic E-state index is 13.1. The van der Waals surface area contributed by atoms with E-state index < -0.39 is 49.5 Å². The number of ether oxygens (including phenoxy) is 2. The summed E-state index contributed by atoms with van der Waals surface area (Å²) in [6, 6.07) is -0.812. The Bertz CT molecular complexity index is 1540. The van der Waals surface area contributed by atoms with E-state index in [9.17, 15) is 30.3 Å². The summed E-state index contributed by atoms with van der Waals surface area (Å²) in [5.74, 6) is -0.178. The maximum absolute atomic E-state index is 13.1. The Morgan fingerprint density at radius 1 is 0.438 bits per heavy atom. The van der Waals surface area contributed by atoms with E-state index in [0.717, 1.165) is 77.0 Å². The topological polar surface area (TPSA) is 149 Å². The van der Waals surface area contributed by atoms with Crippen molar-refractivity contribution in [3.05, 3.63) is 85.1 Å². The van der Waals surface area contributed by atoms with Crippen LogP contribution in [-0.4, -0.2) is 87.5 Å². The second kappa shape index (κ2) is 59.5. The first-order valence-electron chi connectivity index (χ1n) is 33.8. The summed E-state index contributed by atoms with van der Waals surface area (Å²) < 4.78 is 11.3. The van der Waals surface area contributed by atoms with Crippen molar-refractivity contribution in [1.29, 1.82) is 0 Å². The molecule has 6 N–H and O–H groups in total. The highest BCUT2D eigenvalue weighted by atomic mass is 16.7. The molecule has 1 saturated heterocycles. The minimum Gasteiger partial charge on any atom is -0.394 e. The van der Waals surface area contributed by atoms with Gasteiger partial charge in [0.25, 0.3) is 0 Å². The molecule has 1 rings (SSSR count). The number of aliphatic hydroxyl groups is 5. The predicted octanol–water partition coefficient (Wildman–Crippen LogP) is 18.1. The summed E-state index contributed by atoms with van der Waals surface area (Å²) in [6.45, 7) is 3.70. The number of amides is 1. The van der Waals surface area contributed by atoms with Gasteiger partial charge < -0.3 is 40.3 Å². The SMILES string of the molecule is CC/C=C\C/C=C\C/C=C\C/C=C\C/C=C\C/C=C\CCCCCCCCCCCCCCC(=O)NC(COC1OC(CO)C(O)C(O)C1O)C(O)/C=C/CCCCCCCCCCCCCCCCCCCCCCCCCC. The Morgan fingerprint density at radius 2 is 0.775 bits per heavy atom. The minimum absolute atomic E-state index is 0.178. The monoisotopic (exact) mass is 1120 g/mol.